The van der Waals surface area contributed by atoms with Crippen LogP contribution in [-0.2, 0) is 0 Å². The molecule has 0 saturated heterocycles. The van der Waals surface area contributed by atoms with Crippen molar-refractivity contribution in [2.45, 2.75) is 0 Å². The molecule has 0 aliphatic rings. The number of nitrogens with zero attached hydrogens (tertiary/aromatic N) is 1. The molecule has 1 amide bonds. The Morgan fingerprint density at radius 2 is 1.30 bits per heavy atom. The van der Waals surface area contributed by atoms with Crippen LogP contribution in [0.1, 0.15) is 20.8 Å². The van der Waals surface area contributed by atoms with E-state index in [9.17, 15) is 14.7 Å². The van der Waals surface area contributed by atoms with Crippen LogP contribution >= 0.6 is 0 Å². The van der Waals surface area contributed by atoms with Gasteiger partial charge in [-0.15, -0.1) is 0 Å². The molecule has 5 nitrogen and oxygen atoms in total. The number of hydrogen-bond acceptors (Lipinski definition) is 3. The number of anilines is 1. The number of carboxylic acids is 1. The fourth-order valence-electron chi connectivity index (χ4n) is 3.16. The van der Waals surface area contributed by atoms with Gasteiger partial charge < -0.3 is 10.4 Å². The lowest BCUT2D eigenvalue weighted by Gasteiger charge is -2.11. The highest BCUT2D eigenvalue weighted by Crippen LogP contribution is 2.26. The molecule has 0 saturated carbocycles. The van der Waals surface area contributed by atoms with E-state index in [4.69, 9.17) is 0 Å². The Labute approximate surface area is 173 Å². The van der Waals surface area contributed by atoms with Crippen LogP contribution in [0.25, 0.3) is 22.3 Å². The van der Waals surface area contributed by atoms with Gasteiger partial charge in [-0.1, -0.05) is 72.8 Å². The molecule has 2 N–H and O–H groups in total. The lowest BCUT2D eigenvalue weighted by atomic mass is 10.0. The first-order chi connectivity index (χ1) is 14.6. The van der Waals surface area contributed by atoms with E-state index in [-0.39, 0.29) is 16.9 Å². The smallest absolute Gasteiger partial charge is 0.337 e. The molecule has 3 aromatic carbocycles. The normalized spacial score (nSPS) is 10.4. The number of nitrogens with one attached hydrogen (secondary N) is 1. The van der Waals surface area contributed by atoms with Gasteiger partial charge in [0.25, 0.3) is 5.91 Å². The maximum absolute atomic E-state index is 12.7. The topological polar surface area (TPSA) is 79.3 Å². The lowest BCUT2D eigenvalue weighted by molar-refractivity contribution is 0.0698. The molecule has 30 heavy (non-hydrogen) atoms. The monoisotopic (exact) mass is 394 g/mol. The second-order valence-electron chi connectivity index (χ2n) is 6.68. The minimum absolute atomic E-state index is 0.0175. The molecule has 5 heteroatoms. The van der Waals surface area contributed by atoms with E-state index in [1.807, 2.05) is 66.7 Å². The van der Waals surface area contributed by atoms with Crippen molar-refractivity contribution in [1.82, 2.24) is 4.98 Å². The van der Waals surface area contributed by atoms with Gasteiger partial charge in [0.05, 0.1) is 11.3 Å². The third-order valence-electron chi connectivity index (χ3n) is 4.71. The van der Waals surface area contributed by atoms with Crippen molar-refractivity contribution in [3.05, 3.63) is 108 Å². The zero-order valence-corrected chi connectivity index (χ0v) is 15.9. The fraction of sp³-hybridized carbons (Fsp3) is 0. The summed E-state index contributed by atoms with van der Waals surface area (Å²) >= 11 is 0. The second-order valence-corrected chi connectivity index (χ2v) is 6.68. The minimum Gasteiger partial charge on any atom is -0.478 e. The summed E-state index contributed by atoms with van der Waals surface area (Å²) in [6.45, 7) is 0. The Kier molecular flexibility index (Phi) is 5.35. The standard InChI is InChI=1S/C25H18N2O3/c28-24(22-14-12-20(16-26-22)18-9-5-2-6-10-18)27-23-15-19(11-13-21(23)25(29)30)17-7-3-1-4-8-17/h1-16H,(H,27,28)(H,29,30). The van der Waals surface area contributed by atoms with Crippen LogP contribution in [0.4, 0.5) is 5.69 Å². The van der Waals surface area contributed by atoms with Gasteiger partial charge in [-0.25, -0.2) is 4.79 Å². The summed E-state index contributed by atoms with van der Waals surface area (Å²) < 4.78 is 0. The second kappa shape index (κ2) is 8.41. The zero-order chi connectivity index (χ0) is 20.9. The van der Waals surface area contributed by atoms with Crippen LogP contribution < -0.4 is 5.32 Å². The first-order valence-electron chi connectivity index (χ1n) is 9.37. The number of aromatic carboxylic acids is 1. The van der Waals surface area contributed by atoms with Crippen molar-refractivity contribution in [2.75, 3.05) is 5.32 Å². The molecule has 0 radical (unpaired) electrons. The first kappa shape index (κ1) is 19.1. The number of carbonyl (C=O) groups excluding carboxylic acids is 1. The van der Waals surface area contributed by atoms with Crippen LogP contribution in [0, 0.1) is 0 Å². The summed E-state index contributed by atoms with van der Waals surface area (Å²) in [5, 5.41) is 12.2. The van der Waals surface area contributed by atoms with Gasteiger partial charge in [0.2, 0.25) is 0 Å². The third-order valence-corrected chi connectivity index (χ3v) is 4.71. The number of carbonyl (C=O) groups is 2. The van der Waals surface area contributed by atoms with Crippen LogP contribution in [0.2, 0.25) is 0 Å². The van der Waals surface area contributed by atoms with E-state index in [0.717, 1.165) is 22.3 Å². The SMILES string of the molecule is O=C(Nc1cc(-c2ccccc2)ccc1C(=O)O)c1ccc(-c2ccccc2)cn1. The molecule has 0 fully saturated rings. The number of carboxylic acid groups (broad SMARTS) is 1. The highest BCUT2D eigenvalue weighted by molar-refractivity contribution is 6.07. The van der Waals surface area contributed by atoms with Crippen LogP contribution in [0.3, 0.4) is 0 Å². The number of rotatable bonds is 5. The van der Waals surface area contributed by atoms with Gasteiger partial charge in [0, 0.05) is 11.8 Å². The Morgan fingerprint density at radius 1 is 0.700 bits per heavy atom. The van der Waals surface area contributed by atoms with E-state index in [1.165, 1.54) is 6.07 Å². The van der Waals surface area contributed by atoms with Crippen molar-refractivity contribution in [1.29, 1.82) is 0 Å². The molecule has 0 bridgehead atoms. The van der Waals surface area contributed by atoms with E-state index < -0.39 is 11.9 Å². The molecule has 1 aromatic heterocycles. The van der Waals surface area contributed by atoms with Crippen molar-refractivity contribution in [3.8, 4) is 22.3 Å². The highest BCUT2D eigenvalue weighted by atomic mass is 16.4. The van der Waals surface area contributed by atoms with Gasteiger partial charge in [0.1, 0.15) is 5.69 Å². The number of benzene rings is 3. The molecule has 0 unspecified atom stereocenters. The molecular weight excluding hydrogens is 376 g/mol. The predicted octanol–water partition coefficient (Wildman–Crippen LogP) is 5.37. The van der Waals surface area contributed by atoms with Gasteiger partial charge >= 0.3 is 5.97 Å². The zero-order valence-electron chi connectivity index (χ0n) is 15.9. The molecule has 0 atom stereocenters. The van der Waals surface area contributed by atoms with E-state index >= 15 is 0 Å². The Hall–Kier alpha value is -4.25. The molecular formula is C25H18N2O3. The molecule has 0 aliphatic carbocycles. The van der Waals surface area contributed by atoms with Crippen LogP contribution in [-0.4, -0.2) is 22.0 Å². The van der Waals surface area contributed by atoms with Gasteiger partial charge in [-0.2, -0.15) is 0 Å². The fourth-order valence-corrected chi connectivity index (χ4v) is 3.16. The maximum atomic E-state index is 12.7. The summed E-state index contributed by atoms with van der Waals surface area (Å²) in [7, 11) is 0. The maximum Gasteiger partial charge on any atom is 0.337 e. The molecule has 146 valence electrons. The van der Waals surface area contributed by atoms with Crippen LogP contribution in [0.15, 0.2) is 97.2 Å². The summed E-state index contributed by atoms with van der Waals surface area (Å²) in [4.78, 5) is 28.6. The Bertz CT molecular complexity index is 1190. The predicted molar refractivity (Wildman–Crippen MR) is 116 cm³/mol. The average molecular weight is 394 g/mol. The van der Waals surface area contributed by atoms with Crippen molar-refractivity contribution >= 4 is 17.6 Å². The van der Waals surface area contributed by atoms with Crippen molar-refractivity contribution < 1.29 is 14.7 Å². The number of aromatic nitrogens is 1. The van der Waals surface area contributed by atoms with Gasteiger partial charge in [-0.3, -0.25) is 9.78 Å². The molecule has 4 aromatic rings. The third kappa shape index (κ3) is 4.10. The molecule has 0 spiro atoms. The number of hydrogen-bond donors (Lipinski definition) is 2. The number of amides is 1. The Morgan fingerprint density at radius 3 is 1.87 bits per heavy atom. The molecule has 0 aliphatic heterocycles. The van der Waals surface area contributed by atoms with Gasteiger partial charge in [0.15, 0.2) is 0 Å². The van der Waals surface area contributed by atoms with Crippen molar-refractivity contribution in [3.63, 3.8) is 0 Å². The van der Waals surface area contributed by atoms with Crippen LogP contribution in [0.5, 0.6) is 0 Å². The quantitative estimate of drug-likeness (QED) is 0.477. The van der Waals surface area contributed by atoms with Crippen molar-refractivity contribution in [2.24, 2.45) is 0 Å². The van der Waals surface area contributed by atoms with E-state index in [1.54, 1.807) is 24.4 Å². The summed E-state index contributed by atoms with van der Waals surface area (Å²) in [6.07, 6.45) is 1.63. The largest absolute Gasteiger partial charge is 0.478 e. The average Bonchev–Trinajstić information content (AvgIpc) is 2.80. The number of pyridine rings is 1. The minimum atomic E-state index is -1.11. The molecule has 1 heterocycles. The molecule has 4 rings (SSSR count). The van der Waals surface area contributed by atoms with E-state index in [2.05, 4.69) is 10.3 Å². The Balaban J connectivity index is 1.61. The highest BCUT2D eigenvalue weighted by Gasteiger charge is 2.16. The lowest BCUT2D eigenvalue weighted by Crippen LogP contribution is -2.16. The van der Waals surface area contributed by atoms with Gasteiger partial charge in [-0.05, 0) is 34.9 Å². The first-order valence-corrected chi connectivity index (χ1v) is 9.37. The summed E-state index contributed by atoms with van der Waals surface area (Å²) in [5.41, 5.74) is 4.08. The summed E-state index contributed by atoms with van der Waals surface area (Å²) in [5.74, 6) is -1.58. The summed E-state index contributed by atoms with van der Waals surface area (Å²) in [6, 6.07) is 27.6. The van der Waals surface area contributed by atoms with E-state index in [0.29, 0.717) is 0 Å².